The van der Waals surface area contributed by atoms with Gasteiger partial charge in [0.05, 0.1) is 24.3 Å². The van der Waals surface area contributed by atoms with Crippen molar-refractivity contribution in [3.63, 3.8) is 0 Å². The second kappa shape index (κ2) is 9.03. The average molecular weight is 410 g/mol. The van der Waals surface area contributed by atoms with Gasteiger partial charge in [-0.2, -0.15) is 18.3 Å². The van der Waals surface area contributed by atoms with Crippen LogP contribution >= 0.6 is 0 Å². The van der Waals surface area contributed by atoms with Crippen molar-refractivity contribution in [1.29, 1.82) is 0 Å². The fraction of sp³-hybridized carbons (Fsp3) is 0.444. The molecule has 1 saturated heterocycles. The fourth-order valence-electron chi connectivity index (χ4n) is 3.10. The van der Waals surface area contributed by atoms with Crippen molar-refractivity contribution >= 4 is 17.5 Å². The van der Waals surface area contributed by atoms with Crippen LogP contribution in [0.3, 0.4) is 0 Å². The highest BCUT2D eigenvalue weighted by Crippen LogP contribution is 2.34. The largest absolute Gasteiger partial charge is 0.418 e. The lowest BCUT2D eigenvalue weighted by molar-refractivity contribution is -0.137. The Bertz CT molecular complexity index is 832. The van der Waals surface area contributed by atoms with E-state index < -0.39 is 17.6 Å². The van der Waals surface area contributed by atoms with E-state index in [9.17, 15) is 22.8 Å². The number of carbonyl (C=O) groups is 2. The number of para-hydroxylation sites is 1. The van der Waals surface area contributed by atoms with E-state index in [2.05, 4.69) is 15.4 Å². The molecule has 0 saturated carbocycles. The summed E-state index contributed by atoms with van der Waals surface area (Å²) in [5.41, 5.74) is -1.14. The van der Waals surface area contributed by atoms with Gasteiger partial charge in [-0.1, -0.05) is 12.1 Å². The van der Waals surface area contributed by atoms with Crippen molar-refractivity contribution < 1.29 is 22.8 Å². The first kappa shape index (κ1) is 20.8. The SMILES string of the molecule is O=C(CN1CCN(C(=O)CCn2cncn2)CC1)Nc1ccccc1C(F)(F)F. The van der Waals surface area contributed by atoms with Gasteiger partial charge in [0.25, 0.3) is 0 Å². The molecule has 2 aromatic rings. The first-order valence-electron chi connectivity index (χ1n) is 9.11. The van der Waals surface area contributed by atoms with Gasteiger partial charge in [0.15, 0.2) is 0 Å². The lowest BCUT2D eigenvalue weighted by Gasteiger charge is -2.34. The summed E-state index contributed by atoms with van der Waals surface area (Å²) in [6.07, 6.45) is -1.29. The number of hydrogen-bond donors (Lipinski definition) is 1. The molecule has 156 valence electrons. The number of anilines is 1. The molecule has 3 rings (SSSR count). The molecule has 2 heterocycles. The summed E-state index contributed by atoms with van der Waals surface area (Å²) in [5.74, 6) is -0.531. The van der Waals surface area contributed by atoms with Gasteiger partial charge in [-0.3, -0.25) is 19.2 Å². The molecule has 1 aliphatic rings. The Kier molecular flexibility index (Phi) is 6.47. The normalized spacial score (nSPS) is 15.3. The third kappa shape index (κ3) is 5.76. The molecule has 0 aliphatic carbocycles. The van der Waals surface area contributed by atoms with Gasteiger partial charge < -0.3 is 10.2 Å². The molecular weight excluding hydrogens is 389 g/mol. The van der Waals surface area contributed by atoms with E-state index in [0.717, 1.165) is 6.07 Å². The van der Waals surface area contributed by atoms with Crippen LogP contribution < -0.4 is 5.32 Å². The minimum absolute atomic E-state index is 0.0105. The molecule has 1 aliphatic heterocycles. The van der Waals surface area contributed by atoms with Gasteiger partial charge in [0, 0.05) is 32.6 Å². The van der Waals surface area contributed by atoms with E-state index >= 15 is 0 Å². The molecule has 0 spiro atoms. The molecule has 0 radical (unpaired) electrons. The maximum absolute atomic E-state index is 13.0. The van der Waals surface area contributed by atoms with E-state index in [1.165, 1.54) is 24.5 Å². The summed E-state index contributed by atoms with van der Waals surface area (Å²) >= 11 is 0. The van der Waals surface area contributed by atoms with Gasteiger partial charge in [-0.05, 0) is 12.1 Å². The molecule has 2 amide bonds. The van der Waals surface area contributed by atoms with E-state index in [1.54, 1.807) is 15.9 Å². The topological polar surface area (TPSA) is 83.4 Å². The van der Waals surface area contributed by atoms with Crippen LogP contribution in [0.1, 0.15) is 12.0 Å². The Morgan fingerprint density at radius 3 is 2.48 bits per heavy atom. The number of aryl methyl sites for hydroxylation is 1. The summed E-state index contributed by atoms with van der Waals surface area (Å²) in [7, 11) is 0. The predicted octanol–water partition coefficient (Wildman–Crippen LogP) is 1.47. The van der Waals surface area contributed by atoms with Crippen molar-refractivity contribution in [3.8, 4) is 0 Å². The highest BCUT2D eigenvalue weighted by atomic mass is 19.4. The van der Waals surface area contributed by atoms with Crippen LogP contribution in [0.5, 0.6) is 0 Å². The minimum Gasteiger partial charge on any atom is -0.340 e. The van der Waals surface area contributed by atoms with Crippen molar-refractivity contribution in [2.24, 2.45) is 0 Å². The number of rotatable bonds is 6. The van der Waals surface area contributed by atoms with Crippen molar-refractivity contribution in [2.75, 3.05) is 38.0 Å². The van der Waals surface area contributed by atoms with Crippen LogP contribution in [-0.2, 0) is 22.3 Å². The third-order valence-electron chi connectivity index (χ3n) is 4.62. The van der Waals surface area contributed by atoms with Crippen molar-refractivity contribution in [3.05, 3.63) is 42.5 Å². The molecule has 0 atom stereocenters. The van der Waals surface area contributed by atoms with Crippen molar-refractivity contribution in [2.45, 2.75) is 19.1 Å². The smallest absolute Gasteiger partial charge is 0.340 e. The number of alkyl halides is 3. The van der Waals surface area contributed by atoms with Crippen LogP contribution in [-0.4, -0.2) is 69.1 Å². The van der Waals surface area contributed by atoms with Crippen LogP contribution in [0.15, 0.2) is 36.9 Å². The van der Waals surface area contributed by atoms with Crippen molar-refractivity contribution in [1.82, 2.24) is 24.6 Å². The highest BCUT2D eigenvalue weighted by molar-refractivity contribution is 5.93. The molecule has 1 aromatic heterocycles. The van der Waals surface area contributed by atoms with Crippen LogP contribution in [0, 0.1) is 0 Å². The number of halogens is 3. The van der Waals surface area contributed by atoms with E-state index in [1.807, 2.05) is 4.90 Å². The lowest BCUT2D eigenvalue weighted by Crippen LogP contribution is -2.50. The molecule has 1 fully saturated rings. The van der Waals surface area contributed by atoms with Gasteiger partial charge in [-0.25, -0.2) is 4.98 Å². The zero-order valence-corrected chi connectivity index (χ0v) is 15.6. The van der Waals surface area contributed by atoms with Gasteiger partial charge in [0.1, 0.15) is 12.7 Å². The number of benzene rings is 1. The van der Waals surface area contributed by atoms with E-state index in [4.69, 9.17) is 0 Å². The first-order chi connectivity index (χ1) is 13.8. The summed E-state index contributed by atoms with van der Waals surface area (Å²) in [4.78, 5) is 31.8. The molecule has 1 N–H and O–H groups in total. The molecule has 11 heteroatoms. The lowest BCUT2D eigenvalue weighted by atomic mass is 10.1. The summed E-state index contributed by atoms with van der Waals surface area (Å²) in [5, 5.41) is 6.28. The summed E-state index contributed by atoms with van der Waals surface area (Å²) in [6, 6.07) is 4.87. The number of piperazine rings is 1. The van der Waals surface area contributed by atoms with E-state index in [0.29, 0.717) is 39.1 Å². The number of nitrogens with zero attached hydrogens (tertiary/aromatic N) is 5. The predicted molar refractivity (Wildman–Crippen MR) is 97.7 cm³/mol. The first-order valence-corrected chi connectivity index (χ1v) is 9.11. The maximum Gasteiger partial charge on any atom is 0.418 e. The molecule has 1 aromatic carbocycles. The van der Waals surface area contributed by atoms with Crippen LogP contribution in [0.25, 0.3) is 0 Å². The Hall–Kier alpha value is -2.95. The Morgan fingerprint density at radius 2 is 1.83 bits per heavy atom. The molecule has 29 heavy (non-hydrogen) atoms. The number of carbonyl (C=O) groups excluding carboxylic acids is 2. The summed E-state index contributed by atoms with van der Waals surface area (Å²) < 4.78 is 40.6. The second-order valence-electron chi connectivity index (χ2n) is 6.66. The molecule has 0 unspecified atom stereocenters. The second-order valence-corrected chi connectivity index (χ2v) is 6.66. The number of nitrogens with one attached hydrogen (secondary N) is 1. The summed E-state index contributed by atoms with van der Waals surface area (Å²) in [6.45, 7) is 2.28. The van der Waals surface area contributed by atoms with E-state index in [-0.39, 0.29) is 18.1 Å². The highest BCUT2D eigenvalue weighted by Gasteiger charge is 2.33. The van der Waals surface area contributed by atoms with Crippen LogP contribution in [0.4, 0.5) is 18.9 Å². The average Bonchev–Trinajstić information content (AvgIpc) is 3.20. The molecular formula is C18H21F3N6O2. The maximum atomic E-state index is 13.0. The number of hydrogen-bond acceptors (Lipinski definition) is 5. The van der Waals surface area contributed by atoms with Gasteiger partial charge in [-0.15, -0.1) is 0 Å². The zero-order chi connectivity index (χ0) is 20.9. The van der Waals surface area contributed by atoms with Crippen LogP contribution in [0.2, 0.25) is 0 Å². The monoisotopic (exact) mass is 410 g/mol. The molecule has 8 nitrogen and oxygen atoms in total. The fourth-order valence-corrected chi connectivity index (χ4v) is 3.10. The van der Waals surface area contributed by atoms with Gasteiger partial charge in [0.2, 0.25) is 11.8 Å². The molecule has 0 bridgehead atoms. The Morgan fingerprint density at radius 1 is 1.10 bits per heavy atom. The Balaban J connectivity index is 1.45. The number of amides is 2. The number of aromatic nitrogens is 3. The Labute approximate surface area is 165 Å². The standard InChI is InChI=1S/C18H21F3N6O2/c19-18(20,21)14-3-1-2-4-15(14)24-16(28)11-25-7-9-26(10-8-25)17(29)5-6-27-13-22-12-23-27/h1-4,12-13H,5-11H2,(H,24,28). The third-order valence-corrected chi connectivity index (χ3v) is 4.62. The zero-order valence-electron chi connectivity index (χ0n) is 15.6. The minimum atomic E-state index is -4.54. The van der Waals surface area contributed by atoms with Gasteiger partial charge >= 0.3 is 6.18 Å². The quantitative estimate of drug-likeness (QED) is 0.780.